The van der Waals surface area contributed by atoms with E-state index in [0.717, 1.165) is 31.2 Å². The molecule has 21 heavy (non-hydrogen) atoms. The van der Waals surface area contributed by atoms with E-state index in [1.807, 2.05) is 0 Å². The first kappa shape index (κ1) is 15.7. The van der Waals surface area contributed by atoms with Crippen LogP contribution in [0, 0.1) is 13.8 Å². The molecule has 1 atom stereocenters. The Hall–Kier alpha value is -1.69. The summed E-state index contributed by atoms with van der Waals surface area (Å²) < 4.78 is 0. The summed E-state index contributed by atoms with van der Waals surface area (Å²) in [5.74, 6) is -0.00370. The number of amides is 1. The molecule has 1 saturated heterocycles. The molecular weight excluding hydrogens is 270 g/mol. The maximum atomic E-state index is 12.6. The molecular formula is C15H23N3O3. The number of aromatic amines is 1. The molecule has 0 bridgehead atoms. The van der Waals surface area contributed by atoms with Crippen molar-refractivity contribution in [2.75, 3.05) is 13.2 Å². The van der Waals surface area contributed by atoms with Crippen LogP contribution in [0.2, 0.25) is 0 Å². The van der Waals surface area contributed by atoms with Gasteiger partial charge in [-0.15, -0.1) is 0 Å². The van der Waals surface area contributed by atoms with Crippen LogP contribution in [0.3, 0.4) is 0 Å². The molecule has 1 aliphatic heterocycles. The Bertz CT molecular complexity index is 542. The van der Waals surface area contributed by atoms with Crippen LogP contribution >= 0.6 is 0 Å². The van der Waals surface area contributed by atoms with Gasteiger partial charge in [-0.05, 0) is 26.7 Å². The molecule has 0 aliphatic carbocycles. The second kappa shape index (κ2) is 6.85. The molecule has 0 saturated carbocycles. The first-order valence-corrected chi connectivity index (χ1v) is 7.49. The number of rotatable bonds is 3. The monoisotopic (exact) mass is 293 g/mol. The molecule has 2 heterocycles. The van der Waals surface area contributed by atoms with Crippen LogP contribution < -0.4 is 5.69 Å². The third kappa shape index (κ3) is 3.69. The average Bonchev–Trinajstić information content (AvgIpc) is 2.67. The molecule has 6 nitrogen and oxygen atoms in total. The molecule has 6 heteroatoms. The molecule has 1 unspecified atom stereocenters. The number of nitrogens with zero attached hydrogens (tertiary/aromatic N) is 2. The zero-order valence-corrected chi connectivity index (χ0v) is 12.7. The predicted molar refractivity (Wildman–Crippen MR) is 79.1 cm³/mol. The summed E-state index contributed by atoms with van der Waals surface area (Å²) >= 11 is 0. The third-order valence-electron chi connectivity index (χ3n) is 4.19. The van der Waals surface area contributed by atoms with E-state index in [1.165, 1.54) is 0 Å². The maximum Gasteiger partial charge on any atom is 0.345 e. The van der Waals surface area contributed by atoms with Crippen LogP contribution in [-0.2, 0) is 11.2 Å². The topological polar surface area (TPSA) is 86.3 Å². The second-order valence-corrected chi connectivity index (χ2v) is 5.68. The first-order valence-electron chi connectivity index (χ1n) is 7.49. The van der Waals surface area contributed by atoms with Crippen molar-refractivity contribution >= 4 is 5.91 Å². The van der Waals surface area contributed by atoms with Gasteiger partial charge in [0, 0.05) is 23.5 Å². The quantitative estimate of drug-likeness (QED) is 0.858. The number of hydrogen-bond donors (Lipinski definition) is 2. The lowest BCUT2D eigenvalue weighted by Gasteiger charge is -2.29. The van der Waals surface area contributed by atoms with E-state index < -0.39 is 0 Å². The van der Waals surface area contributed by atoms with Crippen LogP contribution in [-0.4, -0.2) is 45.1 Å². The number of H-pyrrole nitrogens is 1. The standard InChI is InChI=1S/C15H23N3O3/c1-10-13(11(2)17-15(21)16-10)8-14(20)18-7-5-3-4-6-12(18)9-19/h12,19H,3-9H2,1-2H3,(H,16,17,21). The molecule has 1 fully saturated rings. The predicted octanol–water partition coefficient (Wildman–Crippen LogP) is 0.693. The van der Waals surface area contributed by atoms with Crippen molar-refractivity contribution in [3.05, 3.63) is 27.4 Å². The fraction of sp³-hybridized carbons (Fsp3) is 0.667. The minimum absolute atomic E-state index is 0.00370. The van der Waals surface area contributed by atoms with Gasteiger partial charge in [-0.1, -0.05) is 12.8 Å². The normalized spacial score (nSPS) is 19.4. The molecule has 1 amide bonds. The summed E-state index contributed by atoms with van der Waals surface area (Å²) in [7, 11) is 0. The van der Waals surface area contributed by atoms with Crippen LogP contribution in [0.25, 0.3) is 0 Å². The van der Waals surface area contributed by atoms with Gasteiger partial charge < -0.3 is 15.0 Å². The minimum atomic E-state index is -0.385. The Morgan fingerprint density at radius 3 is 2.81 bits per heavy atom. The van der Waals surface area contributed by atoms with Crippen molar-refractivity contribution < 1.29 is 9.90 Å². The number of aromatic nitrogens is 2. The molecule has 0 radical (unpaired) electrons. The highest BCUT2D eigenvalue weighted by atomic mass is 16.3. The zero-order valence-electron chi connectivity index (χ0n) is 12.7. The van der Waals surface area contributed by atoms with E-state index in [0.29, 0.717) is 17.9 Å². The molecule has 0 aromatic carbocycles. The Balaban J connectivity index is 2.18. The third-order valence-corrected chi connectivity index (χ3v) is 4.19. The van der Waals surface area contributed by atoms with Gasteiger partial charge in [-0.2, -0.15) is 4.98 Å². The summed E-state index contributed by atoms with van der Waals surface area (Å²) in [5.41, 5.74) is 1.68. The first-order chi connectivity index (χ1) is 10.0. The van der Waals surface area contributed by atoms with Crippen molar-refractivity contribution in [1.29, 1.82) is 0 Å². The van der Waals surface area contributed by atoms with Gasteiger partial charge >= 0.3 is 5.69 Å². The molecule has 1 aromatic heterocycles. The number of aliphatic hydroxyl groups excluding tert-OH is 1. The Kier molecular flexibility index (Phi) is 5.12. The van der Waals surface area contributed by atoms with Gasteiger partial charge in [0.2, 0.25) is 5.91 Å². The van der Waals surface area contributed by atoms with Gasteiger partial charge in [0.15, 0.2) is 0 Å². The summed E-state index contributed by atoms with van der Waals surface area (Å²) in [6, 6.07) is -0.0867. The van der Waals surface area contributed by atoms with Crippen molar-refractivity contribution in [2.45, 2.75) is 52.0 Å². The lowest BCUT2D eigenvalue weighted by molar-refractivity contribution is -0.133. The number of nitrogens with one attached hydrogen (secondary N) is 1. The number of likely N-dealkylation sites (tertiary alicyclic amines) is 1. The van der Waals surface area contributed by atoms with Gasteiger partial charge in [0.05, 0.1) is 19.1 Å². The highest BCUT2D eigenvalue weighted by Gasteiger charge is 2.25. The largest absolute Gasteiger partial charge is 0.394 e. The smallest absolute Gasteiger partial charge is 0.345 e. The van der Waals surface area contributed by atoms with Gasteiger partial charge in [-0.25, -0.2) is 4.79 Å². The van der Waals surface area contributed by atoms with Crippen LogP contribution in [0.15, 0.2) is 4.79 Å². The van der Waals surface area contributed by atoms with Crippen molar-refractivity contribution in [3.63, 3.8) is 0 Å². The zero-order chi connectivity index (χ0) is 15.4. The number of carbonyl (C=O) groups is 1. The number of aryl methyl sites for hydroxylation is 2. The number of hydrogen-bond acceptors (Lipinski definition) is 4. The Labute approximate surface area is 124 Å². The summed E-state index contributed by atoms with van der Waals surface area (Å²) in [6.45, 7) is 4.23. The van der Waals surface area contributed by atoms with E-state index in [1.54, 1.807) is 18.7 Å². The SMILES string of the molecule is Cc1nc(=O)[nH]c(C)c1CC(=O)N1CCCCCC1CO. The molecule has 2 N–H and O–H groups in total. The van der Waals surface area contributed by atoms with Crippen molar-refractivity contribution in [3.8, 4) is 0 Å². The summed E-state index contributed by atoms with van der Waals surface area (Å²) in [6.07, 6.45) is 4.19. The van der Waals surface area contributed by atoms with Crippen molar-refractivity contribution in [1.82, 2.24) is 14.9 Å². The van der Waals surface area contributed by atoms with Crippen LogP contribution in [0.4, 0.5) is 0 Å². The highest BCUT2D eigenvalue weighted by Crippen LogP contribution is 2.18. The molecule has 1 aromatic rings. The number of carbonyl (C=O) groups excluding carboxylic acids is 1. The lowest BCUT2D eigenvalue weighted by Crippen LogP contribution is -2.43. The van der Waals surface area contributed by atoms with E-state index in [4.69, 9.17) is 0 Å². The van der Waals surface area contributed by atoms with Gasteiger partial charge in [0.1, 0.15) is 0 Å². The number of aliphatic hydroxyl groups is 1. The van der Waals surface area contributed by atoms with Crippen LogP contribution in [0.1, 0.15) is 42.6 Å². The molecule has 0 spiro atoms. The Morgan fingerprint density at radius 1 is 1.38 bits per heavy atom. The fourth-order valence-electron chi connectivity index (χ4n) is 2.96. The fourth-order valence-corrected chi connectivity index (χ4v) is 2.96. The van der Waals surface area contributed by atoms with Gasteiger partial charge in [-0.3, -0.25) is 4.79 Å². The molecule has 1 aliphatic rings. The van der Waals surface area contributed by atoms with E-state index in [2.05, 4.69) is 9.97 Å². The highest BCUT2D eigenvalue weighted by molar-refractivity contribution is 5.79. The van der Waals surface area contributed by atoms with E-state index >= 15 is 0 Å². The minimum Gasteiger partial charge on any atom is -0.394 e. The Morgan fingerprint density at radius 2 is 2.14 bits per heavy atom. The van der Waals surface area contributed by atoms with Crippen molar-refractivity contribution in [2.24, 2.45) is 0 Å². The maximum absolute atomic E-state index is 12.6. The lowest BCUT2D eigenvalue weighted by atomic mass is 10.1. The molecule has 116 valence electrons. The van der Waals surface area contributed by atoms with E-state index in [-0.39, 0.29) is 30.7 Å². The summed E-state index contributed by atoms with van der Waals surface area (Å²) in [4.78, 5) is 32.2. The molecule has 2 rings (SSSR count). The second-order valence-electron chi connectivity index (χ2n) is 5.68. The van der Waals surface area contributed by atoms with Gasteiger partial charge in [0.25, 0.3) is 0 Å². The summed E-state index contributed by atoms with van der Waals surface area (Å²) in [5, 5.41) is 9.49. The van der Waals surface area contributed by atoms with Crippen LogP contribution in [0.5, 0.6) is 0 Å². The van der Waals surface area contributed by atoms with E-state index in [9.17, 15) is 14.7 Å². The average molecular weight is 293 g/mol.